The normalized spacial score (nSPS) is 17.3. The Bertz CT molecular complexity index is 614. The molecule has 0 spiro atoms. The van der Waals surface area contributed by atoms with E-state index in [1.54, 1.807) is 6.08 Å². The lowest BCUT2D eigenvalue weighted by molar-refractivity contribution is -0.133. The van der Waals surface area contributed by atoms with Crippen molar-refractivity contribution in [3.8, 4) is 0 Å². The van der Waals surface area contributed by atoms with Crippen LogP contribution in [0.1, 0.15) is 37.8 Å². The van der Waals surface area contributed by atoms with E-state index in [1.807, 2.05) is 19.1 Å². The van der Waals surface area contributed by atoms with Crippen molar-refractivity contribution < 1.29 is 14.3 Å². The molecule has 1 aliphatic rings. The van der Waals surface area contributed by atoms with Gasteiger partial charge in [-0.05, 0) is 42.9 Å². The molecule has 1 fully saturated rings. The molecule has 24 heavy (non-hydrogen) atoms. The van der Waals surface area contributed by atoms with Crippen molar-refractivity contribution >= 4 is 17.4 Å². The maximum absolute atomic E-state index is 12.2. The number of nitrogens with two attached hydrogens (primary N) is 1. The Morgan fingerprint density at radius 2 is 1.88 bits per heavy atom. The molecule has 5 heteroatoms. The highest BCUT2D eigenvalue weighted by Crippen LogP contribution is 2.29. The molecule has 2 rings (SSSR count). The minimum atomic E-state index is -0.696. The van der Waals surface area contributed by atoms with Crippen LogP contribution in [0.25, 0.3) is 5.57 Å². The molecule has 0 aromatic heterocycles. The molecule has 130 valence electrons. The number of ether oxygens (including phenoxy) is 1. The number of carbonyl (C=O) groups excluding carboxylic acids is 2. The Labute approximate surface area is 143 Å². The molecule has 5 nitrogen and oxygen atoms in total. The summed E-state index contributed by atoms with van der Waals surface area (Å²) in [6, 6.07) is 8.16. The molecule has 1 aromatic carbocycles. The number of rotatable bonds is 6. The van der Waals surface area contributed by atoms with E-state index in [1.165, 1.54) is 5.56 Å². The fraction of sp³-hybridized carbons (Fsp3) is 0.474. The van der Waals surface area contributed by atoms with E-state index in [0.29, 0.717) is 26.1 Å². The average molecular weight is 330 g/mol. The summed E-state index contributed by atoms with van der Waals surface area (Å²) < 4.78 is 5.29. The fourth-order valence-corrected chi connectivity index (χ4v) is 2.86. The molecule has 0 atom stereocenters. The largest absolute Gasteiger partial charge is 0.381 e. The van der Waals surface area contributed by atoms with Crippen LogP contribution < -0.4 is 11.1 Å². The molecule has 3 N–H and O–H groups in total. The van der Waals surface area contributed by atoms with Gasteiger partial charge in [-0.25, -0.2) is 0 Å². The van der Waals surface area contributed by atoms with Gasteiger partial charge >= 0.3 is 0 Å². The zero-order chi connectivity index (χ0) is 17.6. The van der Waals surface area contributed by atoms with Crippen LogP contribution in [0.3, 0.4) is 0 Å². The quantitative estimate of drug-likeness (QED) is 0.783. The van der Waals surface area contributed by atoms with E-state index in [0.717, 1.165) is 17.6 Å². The molecule has 2 amide bonds. The Kier molecular flexibility index (Phi) is 6.15. The maximum Gasteiger partial charge on any atom is 0.244 e. The summed E-state index contributed by atoms with van der Waals surface area (Å²) in [4.78, 5) is 24.0. The molecular weight excluding hydrogens is 304 g/mol. The molecule has 1 heterocycles. The predicted octanol–water partition coefficient (Wildman–Crippen LogP) is 2.05. The van der Waals surface area contributed by atoms with Gasteiger partial charge in [0.2, 0.25) is 11.8 Å². The zero-order valence-electron chi connectivity index (χ0n) is 14.4. The number of carbonyl (C=O) groups is 2. The lowest BCUT2D eigenvalue weighted by Gasteiger charge is -2.34. The van der Waals surface area contributed by atoms with Crippen molar-refractivity contribution in [3.05, 3.63) is 41.5 Å². The summed E-state index contributed by atoms with van der Waals surface area (Å²) in [6.07, 6.45) is 3.64. The van der Waals surface area contributed by atoms with E-state index in [9.17, 15) is 9.59 Å². The van der Waals surface area contributed by atoms with Gasteiger partial charge in [-0.2, -0.15) is 0 Å². The number of aryl methyl sites for hydroxylation is 1. The van der Waals surface area contributed by atoms with Crippen LogP contribution in [-0.4, -0.2) is 31.6 Å². The van der Waals surface area contributed by atoms with E-state index in [-0.39, 0.29) is 18.4 Å². The summed E-state index contributed by atoms with van der Waals surface area (Å²) in [6.45, 7) is 5.26. The highest BCUT2D eigenvalue weighted by molar-refractivity contribution is 5.95. The second-order valence-electron chi connectivity index (χ2n) is 6.35. The van der Waals surface area contributed by atoms with Crippen molar-refractivity contribution in [2.45, 2.75) is 33.1 Å². The molecule has 0 radical (unpaired) electrons. The van der Waals surface area contributed by atoms with Gasteiger partial charge in [-0.15, -0.1) is 0 Å². The van der Waals surface area contributed by atoms with Gasteiger partial charge < -0.3 is 15.8 Å². The van der Waals surface area contributed by atoms with Gasteiger partial charge in [-0.3, -0.25) is 9.59 Å². The van der Waals surface area contributed by atoms with Gasteiger partial charge in [-0.1, -0.05) is 31.2 Å². The first-order chi connectivity index (χ1) is 11.5. The smallest absolute Gasteiger partial charge is 0.244 e. The van der Waals surface area contributed by atoms with Gasteiger partial charge in [0, 0.05) is 25.8 Å². The van der Waals surface area contributed by atoms with Gasteiger partial charge in [0.25, 0.3) is 0 Å². The van der Waals surface area contributed by atoms with Crippen molar-refractivity contribution in [1.82, 2.24) is 5.32 Å². The number of nitrogens with one attached hydrogen (secondary N) is 1. The minimum absolute atomic E-state index is 0.209. The number of hydrogen-bond donors (Lipinski definition) is 2. The van der Waals surface area contributed by atoms with E-state index >= 15 is 0 Å². The number of amides is 2. The third-order valence-electron chi connectivity index (χ3n) is 4.74. The number of hydrogen-bond acceptors (Lipinski definition) is 3. The summed E-state index contributed by atoms with van der Waals surface area (Å²) in [5.41, 5.74) is 8.01. The van der Waals surface area contributed by atoms with Crippen molar-refractivity contribution in [3.63, 3.8) is 0 Å². The first-order valence-corrected chi connectivity index (χ1v) is 8.40. The Morgan fingerprint density at radius 3 is 2.42 bits per heavy atom. The highest BCUT2D eigenvalue weighted by atomic mass is 16.5. The van der Waals surface area contributed by atoms with Crippen LogP contribution >= 0.6 is 0 Å². The van der Waals surface area contributed by atoms with Crippen LogP contribution in [0.5, 0.6) is 0 Å². The first-order valence-electron chi connectivity index (χ1n) is 8.40. The summed E-state index contributed by atoms with van der Waals surface area (Å²) in [5.74, 6) is -0.582. The number of benzene rings is 1. The second kappa shape index (κ2) is 8.11. The Morgan fingerprint density at radius 1 is 1.25 bits per heavy atom. The van der Waals surface area contributed by atoms with Crippen LogP contribution in [0.2, 0.25) is 0 Å². The lowest BCUT2D eigenvalue weighted by atomic mass is 9.79. The molecule has 0 bridgehead atoms. The zero-order valence-corrected chi connectivity index (χ0v) is 14.4. The standard InChI is InChI=1S/C19H26N2O3/c1-3-15-4-6-16(7-5-15)14(2)12-17(22)21-13-19(18(20)23)8-10-24-11-9-19/h4-7,12H,3,8-11,13H2,1-2H3,(H2,20,23)(H,21,22). The SMILES string of the molecule is CCc1ccc(C(C)=CC(=O)NCC2(C(N)=O)CCOCC2)cc1. The third-order valence-corrected chi connectivity index (χ3v) is 4.74. The Balaban J connectivity index is 1.99. The van der Waals surface area contributed by atoms with Crippen molar-refractivity contribution in [2.24, 2.45) is 11.1 Å². The van der Waals surface area contributed by atoms with Crippen molar-refractivity contribution in [2.75, 3.05) is 19.8 Å². The highest BCUT2D eigenvalue weighted by Gasteiger charge is 2.38. The van der Waals surface area contributed by atoms with E-state index < -0.39 is 5.41 Å². The molecule has 1 aliphatic heterocycles. The first kappa shape index (κ1) is 18.2. The van der Waals surface area contributed by atoms with Crippen LogP contribution in [0, 0.1) is 5.41 Å². The lowest BCUT2D eigenvalue weighted by Crippen LogP contribution is -2.49. The third kappa shape index (κ3) is 4.45. The molecular formula is C19H26N2O3. The Hall–Kier alpha value is -2.14. The molecule has 0 aliphatic carbocycles. The van der Waals surface area contributed by atoms with Gasteiger partial charge in [0.15, 0.2) is 0 Å². The summed E-state index contributed by atoms with van der Waals surface area (Å²) in [5, 5.41) is 2.83. The average Bonchev–Trinajstić information content (AvgIpc) is 2.60. The van der Waals surface area contributed by atoms with E-state index in [2.05, 4.69) is 24.4 Å². The minimum Gasteiger partial charge on any atom is -0.381 e. The van der Waals surface area contributed by atoms with Crippen molar-refractivity contribution in [1.29, 1.82) is 0 Å². The molecule has 1 saturated heterocycles. The summed E-state index contributed by atoms with van der Waals surface area (Å²) >= 11 is 0. The molecule has 0 saturated carbocycles. The monoisotopic (exact) mass is 330 g/mol. The predicted molar refractivity (Wildman–Crippen MR) is 94.2 cm³/mol. The topological polar surface area (TPSA) is 81.4 Å². The van der Waals surface area contributed by atoms with Crippen LogP contribution in [0.4, 0.5) is 0 Å². The molecule has 0 unspecified atom stereocenters. The second-order valence-corrected chi connectivity index (χ2v) is 6.35. The summed E-state index contributed by atoms with van der Waals surface area (Å²) in [7, 11) is 0. The number of allylic oxidation sites excluding steroid dienone is 1. The molecule has 1 aromatic rings. The maximum atomic E-state index is 12.2. The number of primary amides is 1. The van der Waals surface area contributed by atoms with Crippen LogP contribution in [-0.2, 0) is 20.7 Å². The fourth-order valence-electron chi connectivity index (χ4n) is 2.86. The van der Waals surface area contributed by atoms with Crippen LogP contribution in [0.15, 0.2) is 30.3 Å². The van der Waals surface area contributed by atoms with Gasteiger partial charge in [0.1, 0.15) is 0 Å². The van der Waals surface area contributed by atoms with Gasteiger partial charge in [0.05, 0.1) is 5.41 Å². The van der Waals surface area contributed by atoms with E-state index in [4.69, 9.17) is 10.5 Å².